The molecule has 0 spiro atoms. The molecule has 1 aromatic carbocycles. The monoisotopic (exact) mass is 553 g/mol. The summed E-state index contributed by atoms with van der Waals surface area (Å²) in [5, 5.41) is 23.2. The molecule has 8 nitrogen and oxygen atoms in total. The van der Waals surface area contributed by atoms with Crippen LogP contribution in [0.25, 0.3) is 10.4 Å². The number of aliphatic hydroxyl groups is 2. The molecule has 1 fully saturated rings. The van der Waals surface area contributed by atoms with Crippen molar-refractivity contribution in [2.45, 2.75) is 90.5 Å². The van der Waals surface area contributed by atoms with Crippen LogP contribution < -0.4 is 4.68 Å². The van der Waals surface area contributed by atoms with Crippen molar-refractivity contribution >= 4 is 23.0 Å². The minimum Gasteiger partial charge on any atom is -0.391 e. The van der Waals surface area contributed by atoms with Gasteiger partial charge in [-0.2, -0.15) is 5.10 Å². The minimum absolute atomic E-state index is 0.00945. The van der Waals surface area contributed by atoms with E-state index in [0.29, 0.717) is 5.69 Å². The smallest absolute Gasteiger partial charge is 0.295 e. The molecule has 0 saturated carbocycles. The normalized spacial score (nSPS) is 19.5. The fourth-order valence-electron chi connectivity index (χ4n) is 5.33. The highest BCUT2D eigenvalue weighted by molar-refractivity contribution is 7.13. The number of aromatic nitrogens is 3. The van der Waals surface area contributed by atoms with E-state index in [-0.39, 0.29) is 54.9 Å². The van der Waals surface area contributed by atoms with E-state index in [1.54, 1.807) is 10.4 Å². The van der Waals surface area contributed by atoms with E-state index in [1.807, 2.05) is 62.1 Å². The third-order valence-corrected chi connectivity index (χ3v) is 8.59. The molecular weight excluding hydrogens is 512 g/mol. The first-order valence-electron chi connectivity index (χ1n) is 13.7. The van der Waals surface area contributed by atoms with Gasteiger partial charge in [-0.3, -0.25) is 9.59 Å². The highest BCUT2D eigenvalue weighted by Crippen LogP contribution is 2.32. The molecule has 4 atom stereocenters. The molecule has 9 heteroatoms. The van der Waals surface area contributed by atoms with Crippen molar-refractivity contribution in [2.75, 3.05) is 6.54 Å². The lowest BCUT2D eigenvalue weighted by Gasteiger charge is -2.27. The van der Waals surface area contributed by atoms with Crippen molar-refractivity contribution in [1.29, 1.82) is 0 Å². The molecule has 3 N–H and O–H groups in total. The number of ketones is 1. The Hall–Kier alpha value is -2.88. The number of thiazole rings is 1. The maximum absolute atomic E-state index is 13.9. The second kappa shape index (κ2) is 11.7. The molecule has 4 rings (SSSR count). The van der Waals surface area contributed by atoms with Gasteiger partial charge in [0.1, 0.15) is 0 Å². The number of benzene rings is 1. The number of rotatable bonds is 9. The number of H-pyrrole nitrogens is 1. The summed E-state index contributed by atoms with van der Waals surface area (Å²) in [5.41, 5.74) is 5.42. The van der Waals surface area contributed by atoms with Gasteiger partial charge in [0.25, 0.3) is 11.9 Å². The molecule has 0 aliphatic carbocycles. The third-order valence-electron chi connectivity index (χ3n) is 7.67. The molecule has 3 aromatic rings. The summed E-state index contributed by atoms with van der Waals surface area (Å²) in [6.07, 6.45) is 3.73. The molecule has 0 radical (unpaired) electrons. The fraction of sp³-hybridized carbons (Fsp3) is 0.533. The number of aromatic amines is 1. The molecule has 1 aliphatic heterocycles. The molecule has 1 saturated heterocycles. The Morgan fingerprint density at radius 3 is 2.49 bits per heavy atom. The predicted octanol–water partition coefficient (Wildman–Crippen LogP) is 4.14. The number of carbonyl (C=O) groups excluding carboxylic acids is 2. The van der Waals surface area contributed by atoms with E-state index in [1.165, 1.54) is 11.3 Å². The maximum Gasteiger partial charge on any atom is 0.295 e. The van der Waals surface area contributed by atoms with E-state index in [4.69, 9.17) is 0 Å². The summed E-state index contributed by atoms with van der Waals surface area (Å²) in [7, 11) is 0. The topological polar surface area (TPSA) is 110 Å². The number of amides is 1. The molecule has 3 heterocycles. The Labute approximate surface area is 234 Å². The van der Waals surface area contributed by atoms with E-state index in [2.05, 4.69) is 30.9 Å². The Kier molecular flexibility index (Phi) is 8.73. The van der Waals surface area contributed by atoms with E-state index >= 15 is 0 Å². The Morgan fingerprint density at radius 1 is 1.21 bits per heavy atom. The van der Waals surface area contributed by atoms with Crippen molar-refractivity contribution in [3.8, 4) is 10.4 Å². The first-order valence-corrected chi connectivity index (χ1v) is 14.5. The molecule has 39 heavy (non-hydrogen) atoms. The second-order valence-corrected chi connectivity index (χ2v) is 12.9. The zero-order valence-corrected chi connectivity index (χ0v) is 24.5. The highest BCUT2D eigenvalue weighted by Gasteiger charge is 2.45. The number of likely N-dealkylation sites (tertiary alicyclic amines) is 1. The van der Waals surface area contributed by atoms with Crippen LogP contribution in [-0.2, 0) is 21.6 Å². The van der Waals surface area contributed by atoms with Crippen LogP contribution in [0.5, 0.6) is 0 Å². The highest BCUT2D eigenvalue weighted by atomic mass is 32.1. The van der Waals surface area contributed by atoms with Crippen molar-refractivity contribution in [3.63, 3.8) is 0 Å². The number of hydrogen-bond acceptors (Lipinski definition) is 6. The van der Waals surface area contributed by atoms with Gasteiger partial charge in [-0.1, -0.05) is 65.8 Å². The number of nitrogens with zero attached hydrogens (tertiary/aromatic N) is 3. The van der Waals surface area contributed by atoms with Crippen LogP contribution >= 0.6 is 11.3 Å². The molecule has 1 aliphatic rings. The second-order valence-electron chi connectivity index (χ2n) is 12.1. The quantitative estimate of drug-likeness (QED) is 0.345. The van der Waals surface area contributed by atoms with Crippen molar-refractivity contribution < 1.29 is 24.5 Å². The van der Waals surface area contributed by atoms with Crippen LogP contribution in [0.15, 0.2) is 42.2 Å². The summed E-state index contributed by atoms with van der Waals surface area (Å²) in [4.78, 5) is 34.1. The molecule has 1 amide bonds. The summed E-state index contributed by atoms with van der Waals surface area (Å²) in [6, 6.07) is 6.85. The van der Waals surface area contributed by atoms with Crippen molar-refractivity contribution in [2.24, 2.45) is 5.92 Å². The van der Waals surface area contributed by atoms with E-state index < -0.39 is 18.2 Å². The lowest BCUT2D eigenvalue weighted by Crippen LogP contribution is -2.55. The molecule has 4 unspecified atom stereocenters. The van der Waals surface area contributed by atoms with Crippen molar-refractivity contribution in [1.82, 2.24) is 15.0 Å². The standard InChI is InChI=1S/C30H40N4O4S/c1-18(2)27(34-14-22(13-32-34)30(4,5)6)29(38)33-15-23(36)12-25(33)26(37)11-19(3)20-7-9-21(10-8-20)28-24(16-35)31-17-39-28/h7-10,13-14,17-19,23,25,27,35-36H,11-12,15-16H2,1-6H3/p+1. The maximum atomic E-state index is 13.9. The zero-order valence-electron chi connectivity index (χ0n) is 23.7. The lowest BCUT2D eigenvalue weighted by molar-refractivity contribution is -0.767. The number of nitrogens with one attached hydrogen (secondary N) is 1. The number of β-amino-alcohol motifs (C(OH)–C–C–N with tert-alkyl or cyclic N) is 1. The average molecular weight is 554 g/mol. The first-order chi connectivity index (χ1) is 18.4. The van der Waals surface area contributed by atoms with Gasteiger partial charge >= 0.3 is 0 Å². The zero-order chi connectivity index (χ0) is 28.5. The van der Waals surface area contributed by atoms with Gasteiger partial charge in [0.2, 0.25) is 0 Å². The number of carbonyl (C=O) groups is 2. The fourth-order valence-corrected chi connectivity index (χ4v) is 6.14. The summed E-state index contributed by atoms with van der Waals surface area (Å²) >= 11 is 1.49. The van der Waals surface area contributed by atoms with Crippen molar-refractivity contribution in [3.05, 3.63) is 59.0 Å². The number of Topliss-reactive ketones (excluding diaryl/α,β-unsaturated/α-hetero) is 1. The minimum atomic E-state index is -0.718. The van der Waals surface area contributed by atoms with Crippen LogP contribution in [0.3, 0.4) is 0 Å². The van der Waals surface area contributed by atoms with Crippen LogP contribution in [0.4, 0.5) is 0 Å². The largest absolute Gasteiger partial charge is 0.391 e. The van der Waals surface area contributed by atoms with Gasteiger partial charge in [-0.05, 0) is 22.5 Å². The Morgan fingerprint density at radius 2 is 1.90 bits per heavy atom. The van der Waals surface area contributed by atoms with Gasteiger partial charge in [0.05, 0.1) is 41.0 Å². The van der Waals surface area contributed by atoms with Gasteiger partial charge in [-0.25, -0.2) is 4.98 Å². The van der Waals surface area contributed by atoms with Crippen LogP contribution in [0.1, 0.15) is 83.2 Å². The molecular formula is C30H41N4O4S+. The van der Waals surface area contributed by atoms with Crippen LogP contribution in [-0.4, -0.2) is 55.6 Å². The average Bonchev–Trinajstić information content (AvgIpc) is 3.63. The Balaban J connectivity index is 1.48. The Bertz CT molecular complexity index is 1290. The predicted molar refractivity (Wildman–Crippen MR) is 151 cm³/mol. The first kappa shape index (κ1) is 29.1. The van der Waals surface area contributed by atoms with E-state index in [9.17, 15) is 19.8 Å². The third kappa shape index (κ3) is 6.31. The summed E-state index contributed by atoms with van der Waals surface area (Å²) in [5.74, 6) is -0.234. The summed E-state index contributed by atoms with van der Waals surface area (Å²) in [6.45, 7) is 12.4. The summed E-state index contributed by atoms with van der Waals surface area (Å²) < 4.78 is 1.84. The number of hydrogen-bond donors (Lipinski definition) is 3. The van der Waals surface area contributed by atoms with Gasteiger partial charge in [-0.15, -0.1) is 16.0 Å². The van der Waals surface area contributed by atoms with Gasteiger partial charge < -0.3 is 15.1 Å². The molecule has 2 aromatic heterocycles. The van der Waals surface area contributed by atoms with Crippen LogP contribution in [0, 0.1) is 5.92 Å². The van der Waals surface area contributed by atoms with Gasteiger partial charge in [0, 0.05) is 30.9 Å². The number of aliphatic hydroxyl groups excluding tert-OH is 2. The SMILES string of the molecule is CC(CC(=O)C1CC(O)CN1C(=O)C(C(C)C)[n+]1cc(C(C)(C)C)c[nH]1)c1ccc(-c2scnc2CO)cc1. The molecule has 210 valence electrons. The molecule has 0 bridgehead atoms. The van der Waals surface area contributed by atoms with E-state index in [0.717, 1.165) is 21.6 Å². The lowest BCUT2D eigenvalue weighted by atomic mass is 9.90. The van der Waals surface area contributed by atoms with Gasteiger partial charge in [0.15, 0.2) is 12.0 Å². The van der Waals surface area contributed by atoms with Crippen LogP contribution in [0.2, 0.25) is 0 Å².